The van der Waals surface area contributed by atoms with Crippen LogP contribution >= 0.6 is 0 Å². The van der Waals surface area contributed by atoms with E-state index in [1.807, 2.05) is 0 Å². The molecule has 0 radical (unpaired) electrons. The molecule has 5 heteroatoms. The Bertz CT molecular complexity index is 401. The fourth-order valence-electron chi connectivity index (χ4n) is 0.750. The summed E-state index contributed by atoms with van der Waals surface area (Å²) in [6, 6.07) is 3.01. The van der Waals surface area contributed by atoms with Crippen LogP contribution in [0.1, 0.15) is 0 Å². The lowest BCUT2D eigenvalue weighted by molar-refractivity contribution is 0.897. The largest absolute Gasteiger partial charge is 0.268 e. The van der Waals surface area contributed by atoms with Gasteiger partial charge in [-0.15, -0.1) is 10.2 Å². The molecule has 0 aliphatic rings. The minimum absolute atomic E-state index is 0.160. The third-order valence-corrected chi connectivity index (χ3v) is 1.19. The monoisotopic (exact) mass is 136 g/mol. The topological polar surface area (TPSA) is 63.1 Å². The first-order valence-corrected chi connectivity index (χ1v) is 2.75. The first-order chi connectivity index (χ1) is 4.86. The van der Waals surface area contributed by atoms with Crippen molar-refractivity contribution in [1.82, 2.24) is 19.8 Å². The van der Waals surface area contributed by atoms with Gasteiger partial charge in [0.2, 0.25) is 0 Å². The molecule has 0 saturated carbocycles. The van der Waals surface area contributed by atoms with Crippen molar-refractivity contribution in [3.63, 3.8) is 0 Å². The summed E-state index contributed by atoms with van der Waals surface area (Å²) in [4.78, 5) is 10.6. The van der Waals surface area contributed by atoms with Crippen LogP contribution in [0.3, 0.4) is 0 Å². The average Bonchev–Trinajstić information content (AvgIpc) is 2.33. The highest BCUT2D eigenvalue weighted by atomic mass is 16.1. The van der Waals surface area contributed by atoms with Gasteiger partial charge in [0.1, 0.15) is 6.33 Å². The van der Waals surface area contributed by atoms with E-state index in [1.54, 1.807) is 6.07 Å². The van der Waals surface area contributed by atoms with Gasteiger partial charge in [-0.05, 0) is 6.07 Å². The lowest BCUT2D eigenvalue weighted by Crippen LogP contribution is -2.07. The van der Waals surface area contributed by atoms with Crippen LogP contribution in [-0.4, -0.2) is 19.8 Å². The third-order valence-electron chi connectivity index (χ3n) is 1.19. The van der Waals surface area contributed by atoms with Crippen LogP contribution in [0.25, 0.3) is 5.65 Å². The summed E-state index contributed by atoms with van der Waals surface area (Å²) >= 11 is 0. The van der Waals surface area contributed by atoms with E-state index in [2.05, 4.69) is 15.3 Å². The van der Waals surface area contributed by atoms with E-state index in [-0.39, 0.29) is 5.56 Å². The molecule has 0 aliphatic heterocycles. The van der Waals surface area contributed by atoms with E-state index >= 15 is 0 Å². The van der Waals surface area contributed by atoms with Crippen molar-refractivity contribution in [3.05, 3.63) is 28.8 Å². The summed E-state index contributed by atoms with van der Waals surface area (Å²) < 4.78 is 1.46. The Balaban J connectivity index is 2.99. The lowest BCUT2D eigenvalue weighted by atomic mass is 10.6. The number of nitrogens with zero attached hydrogens (tertiary/aromatic N) is 3. The Hall–Kier alpha value is -1.65. The summed E-state index contributed by atoms with van der Waals surface area (Å²) in [6.45, 7) is 0. The van der Waals surface area contributed by atoms with Crippen molar-refractivity contribution >= 4 is 5.65 Å². The van der Waals surface area contributed by atoms with Crippen LogP contribution in [0.2, 0.25) is 0 Å². The van der Waals surface area contributed by atoms with Crippen LogP contribution in [-0.2, 0) is 0 Å². The standard InChI is InChI=1S/C5H4N4O/c10-5-2-1-4-7-6-3-9(4)8-5/h1-3H,(H,8,10). The molecule has 2 aromatic heterocycles. The molecule has 2 rings (SSSR count). The van der Waals surface area contributed by atoms with E-state index in [4.69, 9.17) is 0 Å². The summed E-state index contributed by atoms with van der Waals surface area (Å²) in [5, 5.41) is 9.79. The number of aromatic amines is 1. The quantitative estimate of drug-likeness (QED) is 0.526. The second-order valence-corrected chi connectivity index (χ2v) is 1.87. The smallest absolute Gasteiger partial charge is 0.263 e. The number of hydrogen-bond acceptors (Lipinski definition) is 3. The van der Waals surface area contributed by atoms with Crippen molar-refractivity contribution in [2.75, 3.05) is 0 Å². The maximum atomic E-state index is 10.6. The fourth-order valence-corrected chi connectivity index (χ4v) is 0.750. The van der Waals surface area contributed by atoms with E-state index in [9.17, 15) is 4.79 Å². The molecule has 0 unspecified atom stereocenters. The molecule has 10 heavy (non-hydrogen) atoms. The maximum absolute atomic E-state index is 10.6. The zero-order valence-electron chi connectivity index (χ0n) is 4.98. The molecular weight excluding hydrogens is 132 g/mol. The zero-order chi connectivity index (χ0) is 6.97. The van der Waals surface area contributed by atoms with Crippen molar-refractivity contribution in [1.29, 1.82) is 0 Å². The minimum Gasteiger partial charge on any atom is -0.268 e. The summed E-state index contributed by atoms with van der Waals surface area (Å²) in [5.74, 6) is 0. The van der Waals surface area contributed by atoms with Crippen LogP contribution in [0.4, 0.5) is 0 Å². The molecule has 0 fully saturated rings. The Labute approximate surface area is 55.3 Å². The molecule has 0 amide bonds. The van der Waals surface area contributed by atoms with E-state index in [0.29, 0.717) is 5.65 Å². The van der Waals surface area contributed by atoms with E-state index in [0.717, 1.165) is 0 Å². The molecule has 2 heterocycles. The average molecular weight is 136 g/mol. The van der Waals surface area contributed by atoms with Crippen molar-refractivity contribution in [3.8, 4) is 0 Å². The normalized spacial score (nSPS) is 10.4. The van der Waals surface area contributed by atoms with Gasteiger partial charge in [0.05, 0.1) is 0 Å². The molecular formula is C5H4N4O. The van der Waals surface area contributed by atoms with Gasteiger partial charge in [0.15, 0.2) is 5.65 Å². The first-order valence-electron chi connectivity index (χ1n) is 2.75. The minimum atomic E-state index is -0.160. The Morgan fingerprint density at radius 3 is 3.30 bits per heavy atom. The lowest BCUT2D eigenvalue weighted by Gasteiger charge is -1.86. The van der Waals surface area contributed by atoms with Crippen LogP contribution < -0.4 is 5.56 Å². The number of aromatic nitrogens is 4. The van der Waals surface area contributed by atoms with Gasteiger partial charge in [-0.3, -0.25) is 9.89 Å². The molecule has 5 nitrogen and oxygen atoms in total. The fraction of sp³-hybridized carbons (Fsp3) is 0. The molecule has 1 N–H and O–H groups in total. The maximum Gasteiger partial charge on any atom is 0.263 e. The van der Waals surface area contributed by atoms with E-state index < -0.39 is 0 Å². The van der Waals surface area contributed by atoms with Gasteiger partial charge in [0, 0.05) is 6.07 Å². The van der Waals surface area contributed by atoms with Gasteiger partial charge in [0.25, 0.3) is 5.56 Å². The zero-order valence-corrected chi connectivity index (χ0v) is 4.98. The molecule has 0 saturated heterocycles. The predicted octanol–water partition coefficient (Wildman–Crippen LogP) is -0.582. The van der Waals surface area contributed by atoms with Gasteiger partial charge in [-0.1, -0.05) is 0 Å². The van der Waals surface area contributed by atoms with Crippen molar-refractivity contribution in [2.24, 2.45) is 0 Å². The summed E-state index contributed by atoms with van der Waals surface area (Å²) in [7, 11) is 0. The van der Waals surface area contributed by atoms with E-state index in [1.165, 1.54) is 16.9 Å². The van der Waals surface area contributed by atoms with Crippen LogP contribution in [0.5, 0.6) is 0 Å². The highest BCUT2D eigenvalue weighted by molar-refractivity contribution is 5.32. The van der Waals surface area contributed by atoms with Crippen LogP contribution in [0, 0.1) is 0 Å². The summed E-state index contributed by atoms with van der Waals surface area (Å²) in [6.07, 6.45) is 1.44. The highest BCUT2D eigenvalue weighted by Crippen LogP contribution is 1.87. The summed E-state index contributed by atoms with van der Waals surface area (Å²) in [5.41, 5.74) is 0.479. The van der Waals surface area contributed by atoms with Gasteiger partial charge >= 0.3 is 0 Å². The third kappa shape index (κ3) is 0.604. The van der Waals surface area contributed by atoms with Crippen LogP contribution in [0.15, 0.2) is 23.3 Å². The van der Waals surface area contributed by atoms with Gasteiger partial charge < -0.3 is 0 Å². The molecule has 0 atom stereocenters. The molecule has 0 aliphatic carbocycles. The Morgan fingerprint density at radius 1 is 1.50 bits per heavy atom. The number of fused-ring (bicyclic) bond motifs is 1. The van der Waals surface area contributed by atoms with Gasteiger partial charge in [-0.25, -0.2) is 4.52 Å². The number of nitrogens with one attached hydrogen (secondary N) is 1. The molecule has 2 aromatic rings. The SMILES string of the molecule is O=c1ccc2nncn2[nH]1. The second kappa shape index (κ2) is 1.66. The first kappa shape index (κ1) is 5.16. The Morgan fingerprint density at radius 2 is 2.40 bits per heavy atom. The molecule has 0 aromatic carbocycles. The van der Waals surface area contributed by atoms with Gasteiger partial charge in [-0.2, -0.15) is 0 Å². The Kier molecular flexibility index (Phi) is 0.858. The predicted molar refractivity (Wildman–Crippen MR) is 33.6 cm³/mol. The number of H-pyrrole nitrogens is 1. The van der Waals surface area contributed by atoms with Crippen molar-refractivity contribution < 1.29 is 0 Å². The number of rotatable bonds is 0. The van der Waals surface area contributed by atoms with Crippen molar-refractivity contribution in [2.45, 2.75) is 0 Å². The highest BCUT2D eigenvalue weighted by Gasteiger charge is 1.91. The second-order valence-electron chi connectivity index (χ2n) is 1.87. The molecule has 50 valence electrons. The number of hydrogen-bond donors (Lipinski definition) is 1. The molecule has 0 spiro atoms. The molecule has 0 bridgehead atoms.